The molecule has 1 amide bonds. The molecule has 1 aliphatic rings. The van der Waals surface area contributed by atoms with Crippen LogP contribution in [0, 0.1) is 11.3 Å². The molecule has 1 saturated heterocycles. The molecule has 1 aromatic rings. The van der Waals surface area contributed by atoms with Gasteiger partial charge in [0.15, 0.2) is 0 Å². The van der Waals surface area contributed by atoms with E-state index < -0.39 is 0 Å². The van der Waals surface area contributed by atoms with Crippen molar-refractivity contribution < 1.29 is 9.53 Å². The SMILES string of the molecule is CCOCCCC(=O)N1CCN(Cc2ccccc2)C(C#N)C1. The first-order valence-electron chi connectivity index (χ1n) is 8.27. The molecular weight excluding hydrogens is 290 g/mol. The van der Waals surface area contributed by atoms with Crippen molar-refractivity contribution in [3.63, 3.8) is 0 Å². The molecule has 5 heteroatoms. The molecule has 1 fully saturated rings. The highest BCUT2D eigenvalue weighted by Crippen LogP contribution is 2.15. The second-order valence-electron chi connectivity index (χ2n) is 5.74. The fraction of sp³-hybridized carbons (Fsp3) is 0.556. The summed E-state index contributed by atoms with van der Waals surface area (Å²) in [6.07, 6.45) is 1.24. The van der Waals surface area contributed by atoms with E-state index >= 15 is 0 Å². The first kappa shape index (κ1) is 17.5. The van der Waals surface area contributed by atoms with Crippen molar-refractivity contribution >= 4 is 5.91 Å². The summed E-state index contributed by atoms with van der Waals surface area (Å²) in [6, 6.07) is 12.3. The van der Waals surface area contributed by atoms with Gasteiger partial charge in [0.2, 0.25) is 5.91 Å². The van der Waals surface area contributed by atoms with Crippen LogP contribution >= 0.6 is 0 Å². The Morgan fingerprint density at radius 1 is 1.35 bits per heavy atom. The molecule has 0 spiro atoms. The number of carbonyl (C=O) groups is 1. The van der Waals surface area contributed by atoms with Gasteiger partial charge >= 0.3 is 0 Å². The second kappa shape index (κ2) is 9.29. The predicted octanol–water partition coefficient (Wildman–Crippen LogP) is 2.04. The van der Waals surface area contributed by atoms with E-state index in [0.29, 0.717) is 32.7 Å². The average molecular weight is 315 g/mol. The summed E-state index contributed by atoms with van der Waals surface area (Å²) in [4.78, 5) is 16.2. The topological polar surface area (TPSA) is 56.6 Å². The smallest absolute Gasteiger partial charge is 0.222 e. The quantitative estimate of drug-likeness (QED) is 0.723. The van der Waals surface area contributed by atoms with Gasteiger partial charge in [-0.15, -0.1) is 0 Å². The van der Waals surface area contributed by atoms with Crippen molar-refractivity contribution in [1.82, 2.24) is 9.80 Å². The molecule has 1 heterocycles. The van der Waals surface area contributed by atoms with Crippen LogP contribution in [0.5, 0.6) is 0 Å². The minimum absolute atomic E-state index is 0.129. The van der Waals surface area contributed by atoms with Crippen molar-refractivity contribution in [2.45, 2.75) is 32.4 Å². The number of nitriles is 1. The van der Waals surface area contributed by atoms with E-state index in [4.69, 9.17) is 4.74 Å². The largest absolute Gasteiger partial charge is 0.382 e. The fourth-order valence-corrected chi connectivity index (χ4v) is 2.80. The number of benzene rings is 1. The number of piperazine rings is 1. The molecule has 124 valence electrons. The van der Waals surface area contributed by atoms with Gasteiger partial charge in [-0.3, -0.25) is 9.69 Å². The number of hydrogen-bond donors (Lipinski definition) is 0. The molecule has 0 saturated carbocycles. The third-order valence-corrected chi connectivity index (χ3v) is 4.10. The van der Waals surface area contributed by atoms with Crippen molar-refractivity contribution in [3.8, 4) is 6.07 Å². The normalized spacial score (nSPS) is 18.6. The zero-order chi connectivity index (χ0) is 16.5. The Kier molecular flexibility index (Phi) is 7.05. The van der Waals surface area contributed by atoms with Gasteiger partial charge in [0, 0.05) is 45.8 Å². The van der Waals surface area contributed by atoms with Crippen LogP contribution in [0.2, 0.25) is 0 Å². The van der Waals surface area contributed by atoms with E-state index in [1.165, 1.54) is 5.56 Å². The molecule has 0 aliphatic carbocycles. The molecule has 0 radical (unpaired) electrons. The van der Waals surface area contributed by atoms with E-state index in [0.717, 1.165) is 19.5 Å². The summed E-state index contributed by atoms with van der Waals surface area (Å²) >= 11 is 0. The molecular formula is C18H25N3O2. The van der Waals surface area contributed by atoms with Gasteiger partial charge in [-0.2, -0.15) is 5.26 Å². The van der Waals surface area contributed by atoms with Gasteiger partial charge in [-0.1, -0.05) is 30.3 Å². The van der Waals surface area contributed by atoms with Gasteiger partial charge in [-0.25, -0.2) is 0 Å². The molecule has 0 N–H and O–H groups in total. The number of nitrogens with zero attached hydrogens (tertiary/aromatic N) is 3. The Balaban J connectivity index is 1.84. The van der Waals surface area contributed by atoms with Crippen LogP contribution in [-0.4, -0.2) is 54.6 Å². The zero-order valence-corrected chi connectivity index (χ0v) is 13.8. The Labute approximate surface area is 138 Å². The molecule has 1 aromatic carbocycles. The van der Waals surface area contributed by atoms with Crippen LogP contribution in [-0.2, 0) is 16.1 Å². The minimum Gasteiger partial charge on any atom is -0.382 e. The van der Waals surface area contributed by atoms with Crippen molar-refractivity contribution in [2.24, 2.45) is 0 Å². The summed E-state index contributed by atoms with van der Waals surface area (Å²) in [7, 11) is 0. The lowest BCUT2D eigenvalue weighted by Gasteiger charge is -2.38. The van der Waals surface area contributed by atoms with Gasteiger partial charge in [0.05, 0.1) is 6.07 Å². The summed E-state index contributed by atoms with van der Waals surface area (Å²) in [6.45, 7) is 5.94. The molecule has 0 aromatic heterocycles. The summed E-state index contributed by atoms with van der Waals surface area (Å²) < 4.78 is 5.27. The van der Waals surface area contributed by atoms with Crippen LogP contribution in [0.15, 0.2) is 30.3 Å². The molecule has 1 aliphatic heterocycles. The third-order valence-electron chi connectivity index (χ3n) is 4.10. The summed E-state index contributed by atoms with van der Waals surface area (Å²) in [5.41, 5.74) is 1.20. The molecule has 1 atom stereocenters. The fourth-order valence-electron chi connectivity index (χ4n) is 2.80. The molecule has 23 heavy (non-hydrogen) atoms. The summed E-state index contributed by atoms with van der Waals surface area (Å²) in [5.74, 6) is 0.129. The van der Waals surface area contributed by atoms with E-state index in [-0.39, 0.29) is 11.9 Å². The molecule has 2 rings (SSSR count). The first-order chi connectivity index (χ1) is 11.2. The number of amides is 1. The number of ether oxygens (including phenoxy) is 1. The van der Waals surface area contributed by atoms with Crippen LogP contribution < -0.4 is 0 Å². The standard InChI is InChI=1S/C18H25N3O2/c1-2-23-12-6-9-18(22)21-11-10-20(17(13-19)15-21)14-16-7-4-3-5-8-16/h3-5,7-8,17H,2,6,9-12,14-15H2,1H3. The Morgan fingerprint density at radius 3 is 2.83 bits per heavy atom. The predicted molar refractivity (Wildman–Crippen MR) is 88.6 cm³/mol. The first-order valence-corrected chi connectivity index (χ1v) is 8.27. The van der Waals surface area contributed by atoms with E-state index in [2.05, 4.69) is 23.1 Å². The van der Waals surface area contributed by atoms with Gasteiger partial charge in [0.25, 0.3) is 0 Å². The van der Waals surface area contributed by atoms with Crippen LogP contribution in [0.1, 0.15) is 25.3 Å². The monoisotopic (exact) mass is 315 g/mol. The van der Waals surface area contributed by atoms with E-state index in [1.807, 2.05) is 30.0 Å². The number of hydrogen-bond acceptors (Lipinski definition) is 4. The van der Waals surface area contributed by atoms with Crippen molar-refractivity contribution in [1.29, 1.82) is 5.26 Å². The minimum atomic E-state index is -0.236. The highest BCUT2D eigenvalue weighted by Gasteiger charge is 2.29. The van der Waals surface area contributed by atoms with Gasteiger partial charge < -0.3 is 9.64 Å². The lowest BCUT2D eigenvalue weighted by atomic mass is 10.1. The van der Waals surface area contributed by atoms with Gasteiger partial charge in [-0.05, 0) is 18.9 Å². The average Bonchev–Trinajstić information content (AvgIpc) is 2.59. The zero-order valence-electron chi connectivity index (χ0n) is 13.8. The van der Waals surface area contributed by atoms with E-state index in [9.17, 15) is 10.1 Å². The maximum Gasteiger partial charge on any atom is 0.222 e. The Bertz CT molecular complexity index is 527. The lowest BCUT2D eigenvalue weighted by Crippen LogP contribution is -2.53. The van der Waals surface area contributed by atoms with Crippen molar-refractivity contribution in [2.75, 3.05) is 32.8 Å². The maximum absolute atomic E-state index is 12.2. The van der Waals surface area contributed by atoms with Crippen LogP contribution in [0.3, 0.4) is 0 Å². The molecule has 5 nitrogen and oxygen atoms in total. The van der Waals surface area contributed by atoms with Gasteiger partial charge in [0.1, 0.15) is 6.04 Å². The number of rotatable bonds is 7. The Hall–Kier alpha value is -1.90. The Morgan fingerprint density at radius 2 is 2.13 bits per heavy atom. The highest BCUT2D eigenvalue weighted by atomic mass is 16.5. The number of carbonyl (C=O) groups excluding carboxylic acids is 1. The molecule has 1 unspecified atom stereocenters. The highest BCUT2D eigenvalue weighted by molar-refractivity contribution is 5.76. The van der Waals surface area contributed by atoms with E-state index in [1.54, 1.807) is 0 Å². The van der Waals surface area contributed by atoms with Crippen LogP contribution in [0.25, 0.3) is 0 Å². The van der Waals surface area contributed by atoms with Crippen molar-refractivity contribution in [3.05, 3.63) is 35.9 Å². The lowest BCUT2D eigenvalue weighted by molar-refractivity contribution is -0.134. The maximum atomic E-state index is 12.2. The van der Waals surface area contributed by atoms with Crippen LogP contribution in [0.4, 0.5) is 0 Å². The molecule has 0 bridgehead atoms. The third kappa shape index (κ3) is 5.34. The second-order valence-corrected chi connectivity index (χ2v) is 5.74. The summed E-state index contributed by atoms with van der Waals surface area (Å²) in [5, 5.41) is 9.44.